The molecule has 0 unspecified atom stereocenters. The lowest BCUT2D eigenvalue weighted by Crippen LogP contribution is -2.48. The van der Waals surface area contributed by atoms with Crippen molar-refractivity contribution in [2.24, 2.45) is 11.8 Å². The largest absolute Gasteiger partial charge is 0.477 e. The third-order valence-electron chi connectivity index (χ3n) is 6.72. The highest BCUT2D eigenvalue weighted by Crippen LogP contribution is 2.41. The number of rotatable bonds is 5. The van der Waals surface area contributed by atoms with Crippen LogP contribution in [0.15, 0.2) is 36.4 Å². The Morgan fingerprint density at radius 3 is 2.22 bits per heavy atom. The molecule has 8 heteroatoms. The lowest BCUT2D eigenvalue weighted by molar-refractivity contribution is -0.124. The minimum Gasteiger partial charge on any atom is -0.477 e. The number of hydrogen-bond acceptors (Lipinski definition) is 5. The molecular formula is C24H29NO5S2. The maximum absolute atomic E-state index is 13.8. The average molecular weight is 476 g/mol. The van der Waals surface area contributed by atoms with Gasteiger partial charge in [0.25, 0.3) is 0 Å². The first-order valence-electron chi connectivity index (χ1n) is 11.2. The van der Waals surface area contributed by atoms with Gasteiger partial charge in [0, 0.05) is 16.8 Å². The first kappa shape index (κ1) is 23.0. The third kappa shape index (κ3) is 4.91. The van der Waals surface area contributed by atoms with E-state index in [1.54, 1.807) is 11.0 Å². The zero-order valence-electron chi connectivity index (χ0n) is 18.2. The zero-order chi connectivity index (χ0) is 22.9. The molecule has 1 saturated heterocycles. The molecule has 2 aliphatic rings. The Bertz CT molecular complexity index is 1070. The molecule has 0 radical (unpaired) electrons. The van der Waals surface area contributed by atoms with Gasteiger partial charge < -0.3 is 10.0 Å². The summed E-state index contributed by atoms with van der Waals surface area (Å²) in [6.45, 7) is 2.19. The van der Waals surface area contributed by atoms with Gasteiger partial charge in [-0.05, 0) is 56.1 Å². The summed E-state index contributed by atoms with van der Waals surface area (Å²) in [5.74, 6) is -0.617. The number of aromatic carboxylic acids is 1. The number of sulfone groups is 1. The Labute approximate surface area is 193 Å². The number of nitrogens with zero attached hydrogens (tertiary/aromatic N) is 1. The van der Waals surface area contributed by atoms with Gasteiger partial charge in [-0.3, -0.25) is 4.79 Å². The maximum Gasteiger partial charge on any atom is 0.348 e. The van der Waals surface area contributed by atoms with Crippen LogP contribution in [0.1, 0.15) is 55.1 Å². The van der Waals surface area contributed by atoms with Gasteiger partial charge in [0.15, 0.2) is 0 Å². The van der Waals surface area contributed by atoms with E-state index in [0.717, 1.165) is 36.1 Å². The summed E-state index contributed by atoms with van der Waals surface area (Å²) in [6.07, 6.45) is 4.22. The summed E-state index contributed by atoms with van der Waals surface area (Å²) in [5.41, 5.74) is 1.31. The summed E-state index contributed by atoms with van der Waals surface area (Å²) in [4.78, 5) is 28.5. The van der Waals surface area contributed by atoms with Crippen molar-refractivity contribution in [2.75, 3.05) is 16.4 Å². The summed E-state index contributed by atoms with van der Waals surface area (Å²) < 4.78 is 24.1. The smallest absolute Gasteiger partial charge is 0.348 e. The maximum atomic E-state index is 13.8. The molecule has 0 atom stereocenters. The van der Waals surface area contributed by atoms with E-state index in [-0.39, 0.29) is 34.2 Å². The van der Waals surface area contributed by atoms with E-state index in [0.29, 0.717) is 24.4 Å². The van der Waals surface area contributed by atoms with E-state index in [9.17, 15) is 23.1 Å². The number of amides is 1. The number of anilines is 1. The van der Waals surface area contributed by atoms with E-state index in [1.165, 1.54) is 11.3 Å². The molecule has 1 aliphatic heterocycles. The predicted molar refractivity (Wildman–Crippen MR) is 127 cm³/mol. The van der Waals surface area contributed by atoms with Gasteiger partial charge in [-0.2, -0.15) is 0 Å². The van der Waals surface area contributed by atoms with Crippen molar-refractivity contribution in [2.45, 2.75) is 51.5 Å². The van der Waals surface area contributed by atoms with Crippen LogP contribution in [0, 0.1) is 11.8 Å². The van der Waals surface area contributed by atoms with E-state index < -0.39 is 15.8 Å². The topological polar surface area (TPSA) is 91.8 Å². The Kier molecular flexibility index (Phi) is 6.72. The Hall–Kier alpha value is -2.19. The molecule has 1 N–H and O–H groups in total. The number of thiophene rings is 1. The fraction of sp³-hybridized carbons (Fsp3) is 0.500. The summed E-state index contributed by atoms with van der Waals surface area (Å²) in [5, 5.41) is 9.96. The molecule has 1 aromatic carbocycles. The van der Waals surface area contributed by atoms with Gasteiger partial charge in [-0.25, -0.2) is 13.2 Å². The van der Waals surface area contributed by atoms with Crippen molar-refractivity contribution in [1.82, 2.24) is 0 Å². The first-order valence-corrected chi connectivity index (χ1v) is 13.8. The van der Waals surface area contributed by atoms with Gasteiger partial charge in [0.2, 0.25) is 5.91 Å². The SMILES string of the molecule is CC1CCC(C(=O)N(c2cc(-c3ccccc3)sc2C(=O)O)C2CCS(=O)(=O)CC2)CC1. The Morgan fingerprint density at radius 2 is 1.62 bits per heavy atom. The lowest BCUT2D eigenvalue weighted by atomic mass is 9.82. The van der Waals surface area contributed by atoms with Crippen molar-refractivity contribution in [3.63, 3.8) is 0 Å². The molecule has 1 aromatic heterocycles. The summed E-state index contributed by atoms with van der Waals surface area (Å²) in [7, 11) is -3.11. The number of hydrogen-bond donors (Lipinski definition) is 1. The molecule has 2 aromatic rings. The lowest BCUT2D eigenvalue weighted by Gasteiger charge is -2.37. The van der Waals surface area contributed by atoms with Gasteiger partial charge in [0.1, 0.15) is 14.7 Å². The van der Waals surface area contributed by atoms with Crippen LogP contribution < -0.4 is 4.90 Å². The van der Waals surface area contributed by atoms with Crippen molar-refractivity contribution >= 4 is 38.7 Å². The third-order valence-corrected chi connectivity index (χ3v) is 9.59. The molecule has 2 fully saturated rings. The highest BCUT2D eigenvalue weighted by Gasteiger charge is 2.38. The van der Waals surface area contributed by atoms with Crippen LogP contribution >= 0.6 is 11.3 Å². The van der Waals surface area contributed by atoms with Crippen LogP contribution in [-0.4, -0.2) is 42.9 Å². The zero-order valence-corrected chi connectivity index (χ0v) is 19.8. The normalized spacial score (nSPS) is 23.5. The van der Waals surface area contributed by atoms with E-state index in [2.05, 4.69) is 6.92 Å². The molecule has 1 aliphatic carbocycles. The van der Waals surface area contributed by atoms with E-state index >= 15 is 0 Å². The highest BCUT2D eigenvalue weighted by atomic mass is 32.2. The van der Waals surface area contributed by atoms with E-state index in [1.807, 2.05) is 30.3 Å². The first-order chi connectivity index (χ1) is 15.2. The summed E-state index contributed by atoms with van der Waals surface area (Å²) >= 11 is 1.17. The quantitative estimate of drug-likeness (QED) is 0.667. The number of benzene rings is 1. The van der Waals surface area contributed by atoms with Gasteiger partial charge in [-0.1, -0.05) is 37.3 Å². The molecule has 32 heavy (non-hydrogen) atoms. The molecule has 6 nitrogen and oxygen atoms in total. The molecule has 0 spiro atoms. The second-order valence-corrected chi connectivity index (χ2v) is 12.4. The molecule has 2 heterocycles. The minimum atomic E-state index is -3.11. The summed E-state index contributed by atoms with van der Waals surface area (Å²) in [6, 6.07) is 11.0. The number of carbonyl (C=O) groups excluding carboxylic acids is 1. The van der Waals surface area contributed by atoms with Gasteiger partial charge >= 0.3 is 5.97 Å². The molecule has 172 valence electrons. The van der Waals surface area contributed by atoms with Crippen LogP contribution in [0.4, 0.5) is 5.69 Å². The van der Waals surface area contributed by atoms with Crippen LogP contribution in [0.2, 0.25) is 0 Å². The second kappa shape index (κ2) is 9.35. The number of carboxylic acids is 1. The Morgan fingerprint density at radius 1 is 1.00 bits per heavy atom. The van der Waals surface area contributed by atoms with Crippen molar-refractivity contribution < 1.29 is 23.1 Å². The predicted octanol–water partition coefficient (Wildman–Crippen LogP) is 4.85. The highest BCUT2D eigenvalue weighted by molar-refractivity contribution is 7.91. The molecule has 0 bridgehead atoms. The molecule has 1 amide bonds. The monoisotopic (exact) mass is 475 g/mol. The fourth-order valence-corrected chi connectivity index (χ4v) is 7.25. The number of carbonyl (C=O) groups is 2. The second-order valence-electron chi connectivity index (χ2n) is 9.04. The van der Waals surface area contributed by atoms with Crippen molar-refractivity contribution in [3.8, 4) is 10.4 Å². The van der Waals surface area contributed by atoms with Crippen LogP contribution in [0.3, 0.4) is 0 Å². The Balaban J connectivity index is 1.74. The van der Waals surface area contributed by atoms with Crippen molar-refractivity contribution in [3.05, 3.63) is 41.3 Å². The standard InChI is InChI=1S/C24H29NO5S2/c1-16-7-9-18(10-8-16)23(26)25(19-11-13-32(29,30)14-12-19)20-15-21(31-22(20)24(27)28)17-5-3-2-4-6-17/h2-6,15-16,18-19H,7-14H2,1H3,(H,27,28). The molecule has 1 saturated carbocycles. The van der Waals surface area contributed by atoms with Gasteiger partial charge in [0.05, 0.1) is 17.2 Å². The van der Waals surface area contributed by atoms with Crippen LogP contribution in [0.5, 0.6) is 0 Å². The average Bonchev–Trinajstić information content (AvgIpc) is 3.21. The van der Waals surface area contributed by atoms with Crippen molar-refractivity contribution in [1.29, 1.82) is 0 Å². The molecule has 4 rings (SSSR count). The van der Waals surface area contributed by atoms with Crippen LogP contribution in [0.25, 0.3) is 10.4 Å². The minimum absolute atomic E-state index is 0.0290. The molecular weight excluding hydrogens is 446 g/mol. The van der Waals surface area contributed by atoms with Gasteiger partial charge in [-0.15, -0.1) is 11.3 Å². The number of carboxylic acid groups (broad SMARTS) is 1. The fourth-order valence-electron chi connectivity index (χ4n) is 4.79. The van der Waals surface area contributed by atoms with Crippen LogP contribution in [-0.2, 0) is 14.6 Å². The van der Waals surface area contributed by atoms with E-state index in [4.69, 9.17) is 0 Å².